The summed E-state index contributed by atoms with van der Waals surface area (Å²) in [5.41, 5.74) is 3.14. The van der Waals surface area contributed by atoms with E-state index >= 15 is 0 Å². The molecule has 0 spiro atoms. The van der Waals surface area contributed by atoms with Crippen LogP contribution in [0.15, 0.2) is 71.5 Å². The van der Waals surface area contributed by atoms with Crippen molar-refractivity contribution in [2.75, 3.05) is 0 Å². The maximum Gasteiger partial charge on any atom is 0.434 e. The molecular weight excluding hydrogens is 391 g/mol. The van der Waals surface area contributed by atoms with Gasteiger partial charge in [-0.15, -0.1) is 5.73 Å². The number of allylic oxidation sites excluding steroid dienone is 4. The first kappa shape index (κ1) is 21.4. The van der Waals surface area contributed by atoms with Gasteiger partial charge in [-0.3, -0.25) is 4.57 Å². The molecule has 1 aromatic carbocycles. The molecule has 28 heavy (non-hydrogen) atoms. The summed E-state index contributed by atoms with van der Waals surface area (Å²) in [4.78, 5) is 3.49. The molecule has 0 saturated heterocycles. The Kier molecular flexibility index (Phi) is 6.14. The highest BCUT2D eigenvalue weighted by molar-refractivity contribution is 7.89. The molecule has 5 nitrogen and oxygen atoms in total. The van der Waals surface area contributed by atoms with Crippen molar-refractivity contribution in [1.29, 1.82) is 0 Å². The molecule has 0 atom stereocenters. The van der Waals surface area contributed by atoms with Gasteiger partial charge >= 0.3 is 6.18 Å². The number of nitrogens with zero attached hydrogens (tertiary/aromatic N) is 2. The molecule has 0 unspecified atom stereocenters. The van der Waals surface area contributed by atoms with Crippen LogP contribution in [-0.4, -0.2) is 18.0 Å². The SMILES string of the molecule is C=C(C=C=C/C(C)=C\C)c1nc(C(F)(F)F)cn1-c1ccc(S(N)(=O)=O)cc1. The minimum atomic E-state index is -4.65. The van der Waals surface area contributed by atoms with Crippen molar-refractivity contribution in [3.63, 3.8) is 0 Å². The summed E-state index contributed by atoms with van der Waals surface area (Å²) in [7, 11) is -3.92. The maximum absolute atomic E-state index is 13.1. The average molecular weight is 409 g/mol. The van der Waals surface area contributed by atoms with Crippen LogP contribution in [0.3, 0.4) is 0 Å². The Morgan fingerprint density at radius 1 is 1.25 bits per heavy atom. The average Bonchev–Trinajstić information content (AvgIpc) is 3.06. The lowest BCUT2D eigenvalue weighted by Gasteiger charge is -2.08. The molecule has 2 aromatic rings. The van der Waals surface area contributed by atoms with Crippen LogP contribution < -0.4 is 5.14 Å². The highest BCUT2D eigenvalue weighted by atomic mass is 32.2. The van der Waals surface area contributed by atoms with Crippen molar-refractivity contribution in [3.8, 4) is 5.69 Å². The van der Waals surface area contributed by atoms with Crippen LogP contribution in [0.4, 0.5) is 13.2 Å². The molecule has 0 saturated carbocycles. The van der Waals surface area contributed by atoms with Crippen molar-refractivity contribution in [2.24, 2.45) is 5.14 Å². The molecule has 0 aliphatic heterocycles. The van der Waals surface area contributed by atoms with Gasteiger partial charge in [0.25, 0.3) is 0 Å². The van der Waals surface area contributed by atoms with Gasteiger partial charge in [0, 0.05) is 17.5 Å². The van der Waals surface area contributed by atoms with Crippen molar-refractivity contribution in [1.82, 2.24) is 9.55 Å². The van der Waals surface area contributed by atoms with E-state index in [9.17, 15) is 21.6 Å². The van der Waals surface area contributed by atoms with Crippen molar-refractivity contribution < 1.29 is 21.6 Å². The first-order chi connectivity index (χ1) is 12.9. The zero-order valence-corrected chi connectivity index (χ0v) is 16.0. The summed E-state index contributed by atoms with van der Waals surface area (Å²) in [6.45, 7) is 7.45. The van der Waals surface area contributed by atoms with E-state index < -0.39 is 21.9 Å². The molecular formula is C19H18F3N3O2S. The third-order valence-corrected chi connectivity index (χ3v) is 4.68. The summed E-state index contributed by atoms with van der Waals surface area (Å²) in [6, 6.07) is 5.08. The number of halogens is 3. The molecule has 0 bridgehead atoms. The molecule has 148 valence electrons. The van der Waals surface area contributed by atoms with E-state index in [0.29, 0.717) is 0 Å². The number of alkyl halides is 3. The summed E-state index contributed by atoms with van der Waals surface area (Å²) in [5, 5.41) is 5.04. The van der Waals surface area contributed by atoms with E-state index in [-0.39, 0.29) is 22.0 Å². The highest BCUT2D eigenvalue weighted by Crippen LogP contribution is 2.31. The largest absolute Gasteiger partial charge is 0.434 e. The molecule has 1 aromatic heterocycles. The predicted octanol–water partition coefficient (Wildman–Crippen LogP) is 4.23. The molecule has 0 radical (unpaired) electrons. The van der Waals surface area contributed by atoms with E-state index in [4.69, 9.17) is 5.14 Å². The summed E-state index contributed by atoms with van der Waals surface area (Å²) in [5.74, 6) is -0.0466. The van der Waals surface area contributed by atoms with E-state index in [1.54, 1.807) is 6.08 Å². The van der Waals surface area contributed by atoms with Crippen LogP contribution in [0.5, 0.6) is 0 Å². The molecule has 1 heterocycles. The second kappa shape index (κ2) is 8.02. The van der Waals surface area contributed by atoms with Gasteiger partial charge < -0.3 is 0 Å². The van der Waals surface area contributed by atoms with Crippen LogP contribution in [0, 0.1) is 0 Å². The number of hydrogen-bond donors (Lipinski definition) is 1. The normalized spacial score (nSPS) is 12.4. The van der Waals surface area contributed by atoms with E-state index in [1.165, 1.54) is 34.9 Å². The number of imidazole rings is 1. The lowest BCUT2D eigenvalue weighted by molar-refractivity contribution is -0.140. The number of primary sulfonamides is 1. The minimum Gasteiger partial charge on any atom is -0.299 e. The Labute approximate surface area is 161 Å². The fraction of sp³-hybridized carbons (Fsp3) is 0.158. The summed E-state index contributed by atoms with van der Waals surface area (Å²) < 4.78 is 63.3. The highest BCUT2D eigenvalue weighted by Gasteiger charge is 2.35. The fourth-order valence-electron chi connectivity index (χ4n) is 2.16. The minimum absolute atomic E-state index is 0.0466. The van der Waals surface area contributed by atoms with Crippen molar-refractivity contribution in [3.05, 3.63) is 78.1 Å². The zero-order valence-electron chi connectivity index (χ0n) is 15.2. The summed E-state index contributed by atoms with van der Waals surface area (Å²) in [6.07, 6.45) is 1.09. The van der Waals surface area contributed by atoms with E-state index in [2.05, 4.69) is 17.3 Å². The molecule has 0 amide bonds. The van der Waals surface area contributed by atoms with Gasteiger partial charge in [-0.25, -0.2) is 18.5 Å². The van der Waals surface area contributed by atoms with Crippen LogP contribution in [0.25, 0.3) is 11.3 Å². The van der Waals surface area contributed by atoms with Crippen LogP contribution >= 0.6 is 0 Å². The number of rotatable bonds is 5. The Morgan fingerprint density at radius 2 is 1.86 bits per heavy atom. The second-order valence-corrected chi connectivity index (χ2v) is 7.43. The smallest absolute Gasteiger partial charge is 0.299 e. The second-order valence-electron chi connectivity index (χ2n) is 5.87. The van der Waals surface area contributed by atoms with Gasteiger partial charge in [0.05, 0.1) is 4.90 Å². The van der Waals surface area contributed by atoms with Gasteiger partial charge in [0.15, 0.2) is 5.69 Å². The number of nitrogens with two attached hydrogens (primary N) is 1. The number of aromatic nitrogens is 2. The van der Waals surface area contributed by atoms with Gasteiger partial charge in [-0.05, 0) is 55.8 Å². The van der Waals surface area contributed by atoms with Gasteiger partial charge in [0.1, 0.15) is 5.82 Å². The quantitative estimate of drug-likeness (QED) is 0.593. The molecule has 2 rings (SSSR count). The van der Waals surface area contributed by atoms with E-state index in [0.717, 1.165) is 11.8 Å². The zero-order chi connectivity index (χ0) is 21.1. The standard InChI is InChI=1S/C19H18F3N3O2S/c1-4-13(2)6-5-7-14(3)18-24-17(19(20,21)22)12-25(18)15-8-10-16(11-9-15)28(23,26)27/h4,6-12H,3H2,1-2H3,(H2,23,26,27)/b13-4-. The van der Waals surface area contributed by atoms with Crippen LogP contribution in [0.1, 0.15) is 25.4 Å². The summed E-state index contributed by atoms with van der Waals surface area (Å²) >= 11 is 0. The van der Waals surface area contributed by atoms with Gasteiger partial charge in [-0.2, -0.15) is 13.2 Å². The molecule has 0 aliphatic rings. The number of hydrogen-bond acceptors (Lipinski definition) is 3. The monoisotopic (exact) mass is 409 g/mol. The fourth-order valence-corrected chi connectivity index (χ4v) is 2.67. The third-order valence-electron chi connectivity index (χ3n) is 3.75. The molecule has 0 fully saturated rings. The first-order valence-corrected chi connectivity index (χ1v) is 9.52. The van der Waals surface area contributed by atoms with Crippen molar-refractivity contribution in [2.45, 2.75) is 24.9 Å². The predicted molar refractivity (Wildman–Crippen MR) is 101 cm³/mol. The Bertz CT molecular complexity index is 1090. The van der Waals surface area contributed by atoms with Crippen LogP contribution in [-0.2, 0) is 16.2 Å². The lowest BCUT2D eigenvalue weighted by atomic mass is 10.2. The molecule has 2 N–H and O–H groups in total. The van der Waals surface area contributed by atoms with E-state index in [1.807, 2.05) is 19.9 Å². The topological polar surface area (TPSA) is 78.0 Å². The molecule has 9 heteroatoms. The Balaban J connectivity index is 2.56. The first-order valence-electron chi connectivity index (χ1n) is 7.98. The Hall–Kier alpha value is -2.87. The van der Waals surface area contributed by atoms with Crippen molar-refractivity contribution >= 4 is 15.6 Å². The maximum atomic E-state index is 13.1. The lowest BCUT2D eigenvalue weighted by Crippen LogP contribution is -2.12. The molecule has 0 aliphatic carbocycles. The number of benzene rings is 1. The third kappa shape index (κ3) is 5.10. The van der Waals surface area contributed by atoms with Crippen LogP contribution in [0.2, 0.25) is 0 Å². The number of sulfonamides is 1. The van der Waals surface area contributed by atoms with Gasteiger partial charge in [-0.1, -0.05) is 12.7 Å². The Morgan fingerprint density at radius 3 is 2.36 bits per heavy atom. The van der Waals surface area contributed by atoms with Gasteiger partial charge in [0.2, 0.25) is 10.0 Å².